The van der Waals surface area contributed by atoms with E-state index in [1.807, 2.05) is 12.1 Å². The molecule has 16 heavy (non-hydrogen) atoms. The van der Waals surface area contributed by atoms with Crippen LogP contribution in [0.25, 0.3) is 0 Å². The molecule has 0 heterocycles. The zero-order chi connectivity index (χ0) is 11.8. The van der Waals surface area contributed by atoms with Crippen LogP contribution in [0.4, 0.5) is 0 Å². The van der Waals surface area contributed by atoms with E-state index in [-0.39, 0.29) is 0 Å². The fourth-order valence-corrected chi connectivity index (χ4v) is 1.24. The Labute approximate surface area is 99.9 Å². The van der Waals surface area contributed by atoms with E-state index in [2.05, 4.69) is 0 Å². The summed E-state index contributed by atoms with van der Waals surface area (Å²) in [6, 6.07) is 7.09. The second-order valence-corrected chi connectivity index (χ2v) is 3.25. The molecule has 0 atom stereocenters. The smallest absolute Gasteiger partial charge is 0.124 e. The normalized spacial score (nSPS) is 10.1. The molecule has 0 saturated carbocycles. The lowest BCUT2D eigenvalue weighted by Gasteiger charge is -2.06. The van der Waals surface area contributed by atoms with E-state index in [1.165, 1.54) is 0 Å². The molecule has 0 aliphatic rings. The highest BCUT2D eigenvalue weighted by molar-refractivity contribution is 6.18. The van der Waals surface area contributed by atoms with Crippen LogP contribution in [0.3, 0.4) is 0 Å². The standard InChI is InChI=1S/C12H12ClNO2/c1-15-11-6-10(9-14)7-12(8-11)16-5-3-2-4-13/h2-3,6-8H,4-5H2,1H3/b3-2+. The highest BCUT2D eigenvalue weighted by Gasteiger charge is 2.01. The van der Waals surface area contributed by atoms with Crippen LogP contribution in [-0.4, -0.2) is 19.6 Å². The van der Waals surface area contributed by atoms with Crippen molar-refractivity contribution in [2.45, 2.75) is 0 Å². The van der Waals surface area contributed by atoms with Crippen molar-refractivity contribution in [3.8, 4) is 17.6 Å². The predicted octanol–water partition coefficient (Wildman–Crippen LogP) is 2.74. The van der Waals surface area contributed by atoms with E-state index in [9.17, 15) is 0 Å². The molecule has 0 N–H and O–H groups in total. The SMILES string of the molecule is COc1cc(C#N)cc(OC/C=C/CCl)c1. The fraction of sp³-hybridized carbons (Fsp3) is 0.250. The number of hydrogen-bond donors (Lipinski definition) is 0. The van der Waals surface area contributed by atoms with E-state index >= 15 is 0 Å². The van der Waals surface area contributed by atoms with E-state index in [0.29, 0.717) is 29.5 Å². The van der Waals surface area contributed by atoms with Crippen molar-refractivity contribution in [2.24, 2.45) is 0 Å². The van der Waals surface area contributed by atoms with Gasteiger partial charge in [-0.25, -0.2) is 0 Å². The molecule has 0 unspecified atom stereocenters. The number of halogens is 1. The second-order valence-electron chi connectivity index (χ2n) is 2.95. The molecule has 1 rings (SSSR count). The van der Waals surface area contributed by atoms with Gasteiger partial charge in [0.2, 0.25) is 0 Å². The summed E-state index contributed by atoms with van der Waals surface area (Å²) in [5, 5.41) is 8.80. The number of allylic oxidation sites excluding steroid dienone is 1. The number of hydrogen-bond acceptors (Lipinski definition) is 3. The Morgan fingerprint density at radius 2 is 2.06 bits per heavy atom. The van der Waals surface area contributed by atoms with Gasteiger partial charge in [0.25, 0.3) is 0 Å². The number of ether oxygens (including phenoxy) is 2. The van der Waals surface area contributed by atoms with Gasteiger partial charge in [0.15, 0.2) is 0 Å². The topological polar surface area (TPSA) is 42.2 Å². The van der Waals surface area contributed by atoms with Crippen molar-refractivity contribution < 1.29 is 9.47 Å². The van der Waals surface area contributed by atoms with Crippen molar-refractivity contribution in [3.05, 3.63) is 35.9 Å². The Morgan fingerprint density at radius 1 is 1.31 bits per heavy atom. The van der Waals surface area contributed by atoms with Crippen LogP contribution in [0.5, 0.6) is 11.5 Å². The molecule has 0 saturated heterocycles. The van der Waals surface area contributed by atoms with Gasteiger partial charge in [-0.1, -0.05) is 12.2 Å². The summed E-state index contributed by atoms with van der Waals surface area (Å²) in [5.74, 6) is 1.68. The summed E-state index contributed by atoms with van der Waals surface area (Å²) >= 11 is 5.47. The minimum Gasteiger partial charge on any atom is -0.497 e. The van der Waals surface area contributed by atoms with Crippen LogP contribution < -0.4 is 9.47 Å². The minimum absolute atomic E-state index is 0.421. The maximum Gasteiger partial charge on any atom is 0.124 e. The van der Waals surface area contributed by atoms with Crippen LogP contribution >= 0.6 is 11.6 Å². The van der Waals surface area contributed by atoms with Crippen molar-refractivity contribution in [2.75, 3.05) is 19.6 Å². The summed E-state index contributed by atoms with van der Waals surface area (Å²) in [6.45, 7) is 0.421. The van der Waals surface area contributed by atoms with E-state index in [0.717, 1.165) is 0 Å². The molecule has 0 aromatic heterocycles. The van der Waals surface area contributed by atoms with Crippen molar-refractivity contribution >= 4 is 11.6 Å². The van der Waals surface area contributed by atoms with Crippen molar-refractivity contribution in [1.29, 1.82) is 5.26 Å². The number of nitrogens with zero attached hydrogens (tertiary/aromatic N) is 1. The maximum atomic E-state index is 8.80. The fourth-order valence-electron chi connectivity index (χ4n) is 1.11. The lowest BCUT2D eigenvalue weighted by molar-refractivity contribution is 0.356. The quantitative estimate of drug-likeness (QED) is 0.584. The van der Waals surface area contributed by atoms with Crippen LogP contribution in [0.1, 0.15) is 5.56 Å². The van der Waals surface area contributed by atoms with Gasteiger partial charge in [-0.15, -0.1) is 11.6 Å². The Morgan fingerprint density at radius 3 is 2.69 bits per heavy atom. The van der Waals surface area contributed by atoms with Gasteiger partial charge in [-0.3, -0.25) is 0 Å². The Bertz CT molecular complexity index is 410. The van der Waals surface area contributed by atoms with Gasteiger partial charge in [-0.05, 0) is 12.1 Å². The van der Waals surface area contributed by atoms with Crippen LogP contribution in [0.15, 0.2) is 30.4 Å². The van der Waals surface area contributed by atoms with E-state index < -0.39 is 0 Å². The second kappa shape index (κ2) is 6.76. The molecule has 1 aromatic carbocycles. The first-order chi connectivity index (χ1) is 7.80. The molecule has 1 aromatic rings. The molecular weight excluding hydrogens is 226 g/mol. The van der Waals surface area contributed by atoms with Gasteiger partial charge >= 0.3 is 0 Å². The van der Waals surface area contributed by atoms with Crippen molar-refractivity contribution in [1.82, 2.24) is 0 Å². The van der Waals surface area contributed by atoms with Crippen molar-refractivity contribution in [3.63, 3.8) is 0 Å². The lowest BCUT2D eigenvalue weighted by Crippen LogP contribution is -1.95. The monoisotopic (exact) mass is 237 g/mol. The number of methoxy groups -OCH3 is 1. The maximum absolute atomic E-state index is 8.80. The number of rotatable bonds is 5. The first kappa shape index (κ1) is 12.4. The van der Waals surface area contributed by atoms with Crippen LogP contribution in [-0.2, 0) is 0 Å². The van der Waals surface area contributed by atoms with Crippen LogP contribution in [0.2, 0.25) is 0 Å². The van der Waals surface area contributed by atoms with Gasteiger partial charge in [-0.2, -0.15) is 5.26 Å². The van der Waals surface area contributed by atoms with Gasteiger partial charge < -0.3 is 9.47 Å². The lowest BCUT2D eigenvalue weighted by atomic mass is 10.2. The Kier molecular flexibility index (Phi) is 5.24. The predicted molar refractivity (Wildman–Crippen MR) is 63.1 cm³/mol. The largest absolute Gasteiger partial charge is 0.497 e. The number of alkyl halides is 1. The Hall–Kier alpha value is -1.66. The zero-order valence-corrected chi connectivity index (χ0v) is 9.70. The highest BCUT2D eigenvalue weighted by atomic mass is 35.5. The molecular formula is C12H12ClNO2. The molecule has 0 aliphatic heterocycles. The molecule has 84 valence electrons. The van der Waals surface area contributed by atoms with E-state index in [4.69, 9.17) is 26.3 Å². The highest BCUT2D eigenvalue weighted by Crippen LogP contribution is 2.22. The molecule has 0 radical (unpaired) electrons. The average Bonchev–Trinajstić information content (AvgIpc) is 2.34. The molecule has 3 nitrogen and oxygen atoms in total. The van der Waals surface area contributed by atoms with E-state index in [1.54, 1.807) is 31.4 Å². The molecule has 0 fully saturated rings. The molecule has 0 aliphatic carbocycles. The summed E-state index contributed by atoms with van der Waals surface area (Å²) in [6.07, 6.45) is 3.62. The summed E-state index contributed by atoms with van der Waals surface area (Å²) in [4.78, 5) is 0. The number of benzene rings is 1. The summed E-state index contributed by atoms with van der Waals surface area (Å²) in [5.41, 5.74) is 0.510. The Balaban J connectivity index is 2.72. The third kappa shape index (κ3) is 3.84. The molecule has 0 amide bonds. The van der Waals surface area contributed by atoms with Gasteiger partial charge in [0.1, 0.15) is 18.1 Å². The zero-order valence-electron chi connectivity index (χ0n) is 8.94. The third-order valence-electron chi connectivity index (χ3n) is 1.85. The molecule has 0 spiro atoms. The third-order valence-corrected chi connectivity index (χ3v) is 2.02. The first-order valence-corrected chi connectivity index (χ1v) is 5.26. The first-order valence-electron chi connectivity index (χ1n) is 4.73. The van der Waals surface area contributed by atoms with Gasteiger partial charge in [0, 0.05) is 11.9 Å². The van der Waals surface area contributed by atoms with Gasteiger partial charge in [0.05, 0.1) is 18.7 Å². The number of nitriles is 1. The van der Waals surface area contributed by atoms with Crippen LogP contribution in [0, 0.1) is 11.3 Å². The molecule has 0 bridgehead atoms. The average molecular weight is 238 g/mol. The minimum atomic E-state index is 0.421. The summed E-state index contributed by atoms with van der Waals surface area (Å²) < 4.78 is 10.5. The molecule has 4 heteroatoms. The summed E-state index contributed by atoms with van der Waals surface area (Å²) in [7, 11) is 1.55.